The summed E-state index contributed by atoms with van der Waals surface area (Å²) in [5, 5.41) is 2.16. The molecule has 2 nitrogen and oxygen atoms in total. The summed E-state index contributed by atoms with van der Waals surface area (Å²) < 4.78 is 0. The monoisotopic (exact) mass is 270 g/mol. The van der Waals surface area contributed by atoms with Gasteiger partial charge in [-0.15, -0.1) is 11.3 Å². The van der Waals surface area contributed by atoms with Crippen LogP contribution in [0, 0.1) is 0 Å². The highest BCUT2D eigenvalue weighted by Gasteiger charge is 2.37. The molecule has 96 valence electrons. The molecular weight excluding hydrogens is 248 g/mol. The molecule has 0 spiro atoms. The Labute approximate surface area is 113 Å². The van der Waals surface area contributed by atoms with Crippen molar-refractivity contribution in [2.75, 3.05) is 25.1 Å². The van der Waals surface area contributed by atoms with Crippen LogP contribution in [0.15, 0.2) is 17.5 Å². The van der Waals surface area contributed by atoms with E-state index in [-0.39, 0.29) is 5.54 Å². The first-order valence-corrected chi connectivity index (χ1v) is 8.27. The lowest BCUT2D eigenvalue weighted by Gasteiger charge is -2.46. The molecule has 17 heavy (non-hydrogen) atoms. The molecule has 2 rings (SSSR count). The highest BCUT2D eigenvalue weighted by molar-refractivity contribution is 7.99. The van der Waals surface area contributed by atoms with Gasteiger partial charge in [-0.25, -0.2) is 0 Å². The van der Waals surface area contributed by atoms with Crippen molar-refractivity contribution < 1.29 is 0 Å². The maximum absolute atomic E-state index is 6.08. The third kappa shape index (κ3) is 2.70. The van der Waals surface area contributed by atoms with Gasteiger partial charge >= 0.3 is 0 Å². The van der Waals surface area contributed by atoms with Crippen LogP contribution in [0.3, 0.4) is 0 Å². The summed E-state index contributed by atoms with van der Waals surface area (Å²) in [5.74, 6) is 2.47. The standard InChI is InChI=1S/C13H22N2S2/c1-11(12-5-3-8-17-12)15(2)13(9-14)6-4-7-16-10-13/h3,5,8,11H,4,6-7,9-10,14H2,1-2H3. The fourth-order valence-corrected chi connectivity index (χ4v) is 4.72. The Balaban J connectivity index is 2.13. The Morgan fingerprint density at radius 3 is 2.94 bits per heavy atom. The Kier molecular flexibility index (Phi) is 4.53. The predicted molar refractivity (Wildman–Crippen MR) is 78.8 cm³/mol. The van der Waals surface area contributed by atoms with Crippen molar-refractivity contribution in [2.45, 2.75) is 31.3 Å². The summed E-state index contributed by atoms with van der Waals surface area (Å²) in [6.45, 7) is 3.06. The highest BCUT2D eigenvalue weighted by atomic mass is 32.2. The largest absolute Gasteiger partial charge is 0.329 e. The number of rotatable bonds is 4. The maximum Gasteiger partial charge on any atom is 0.0425 e. The Morgan fingerprint density at radius 2 is 2.41 bits per heavy atom. The van der Waals surface area contributed by atoms with E-state index in [0.29, 0.717) is 6.04 Å². The van der Waals surface area contributed by atoms with Crippen LogP contribution in [0.4, 0.5) is 0 Å². The third-order valence-corrected chi connectivity index (χ3v) is 6.33. The first-order valence-electron chi connectivity index (χ1n) is 6.24. The van der Waals surface area contributed by atoms with E-state index in [0.717, 1.165) is 6.54 Å². The minimum Gasteiger partial charge on any atom is -0.329 e. The number of hydrogen-bond acceptors (Lipinski definition) is 4. The SMILES string of the molecule is CC(c1cccs1)N(C)C1(CN)CCCSC1. The summed E-state index contributed by atoms with van der Waals surface area (Å²) in [6.07, 6.45) is 2.53. The predicted octanol–water partition coefficient (Wildman–Crippen LogP) is 2.97. The molecule has 1 fully saturated rings. The van der Waals surface area contributed by atoms with Gasteiger partial charge in [0, 0.05) is 28.8 Å². The molecule has 0 radical (unpaired) electrons. The van der Waals surface area contributed by atoms with E-state index in [4.69, 9.17) is 5.73 Å². The van der Waals surface area contributed by atoms with E-state index in [1.807, 2.05) is 11.3 Å². The topological polar surface area (TPSA) is 29.3 Å². The first kappa shape index (κ1) is 13.4. The molecule has 1 aliphatic rings. The van der Waals surface area contributed by atoms with E-state index in [2.05, 4.69) is 48.1 Å². The molecule has 1 saturated heterocycles. The number of nitrogens with zero attached hydrogens (tertiary/aromatic N) is 1. The lowest BCUT2D eigenvalue weighted by molar-refractivity contribution is 0.0946. The summed E-state index contributed by atoms with van der Waals surface area (Å²) in [6, 6.07) is 4.83. The zero-order valence-corrected chi connectivity index (χ0v) is 12.3. The molecular formula is C13H22N2S2. The second-order valence-electron chi connectivity index (χ2n) is 4.89. The summed E-state index contributed by atoms with van der Waals surface area (Å²) >= 11 is 3.89. The zero-order chi connectivity index (χ0) is 12.3. The van der Waals surface area contributed by atoms with Crippen molar-refractivity contribution in [1.82, 2.24) is 4.90 Å². The molecule has 0 saturated carbocycles. The fraction of sp³-hybridized carbons (Fsp3) is 0.692. The second-order valence-corrected chi connectivity index (χ2v) is 6.97. The van der Waals surface area contributed by atoms with Crippen molar-refractivity contribution in [3.63, 3.8) is 0 Å². The van der Waals surface area contributed by atoms with Crippen molar-refractivity contribution in [1.29, 1.82) is 0 Å². The van der Waals surface area contributed by atoms with E-state index >= 15 is 0 Å². The summed E-state index contributed by atoms with van der Waals surface area (Å²) in [7, 11) is 2.24. The summed E-state index contributed by atoms with van der Waals surface area (Å²) in [5.41, 5.74) is 6.28. The van der Waals surface area contributed by atoms with E-state index in [9.17, 15) is 0 Å². The molecule has 2 heterocycles. The van der Waals surface area contributed by atoms with Crippen LogP contribution < -0.4 is 5.73 Å². The molecule has 2 atom stereocenters. The lowest BCUT2D eigenvalue weighted by Crippen LogP contribution is -2.56. The van der Waals surface area contributed by atoms with Gasteiger partial charge in [0.05, 0.1) is 0 Å². The quantitative estimate of drug-likeness (QED) is 0.912. The molecule has 0 aromatic carbocycles. The van der Waals surface area contributed by atoms with Crippen molar-refractivity contribution >= 4 is 23.1 Å². The van der Waals surface area contributed by atoms with Crippen LogP contribution in [-0.4, -0.2) is 35.5 Å². The van der Waals surface area contributed by atoms with Gasteiger partial charge in [0.15, 0.2) is 0 Å². The smallest absolute Gasteiger partial charge is 0.0425 e. The Bertz CT molecular complexity index is 331. The minimum atomic E-state index is 0.201. The van der Waals surface area contributed by atoms with Crippen LogP contribution in [0.1, 0.15) is 30.7 Å². The third-order valence-electron chi connectivity index (χ3n) is 3.97. The van der Waals surface area contributed by atoms with Gasteiger partial charge in [0.2, 0.25) is 0 Å². The van der Waals surface area contributed by atoms with Gasteiger partial charge in [-0.2, -0.15) is 11.8 Å². The average molecular weight is 270 g/mol. The molecule has 1 aromatic heterocycles. The van der Waals surface area contributed by atoms with Crippen LogP contribution >= 0.6 is 23.1 Å². The van der Waals surface area contributed by atoms with Gasteiger partial charge in [0.1, 0.15) is 0 Å². The van der Waals surface area contributed by atoms with Crippen molar-refractivity contribution in [2.24, 2.45) is 5.73 Å². The number of likely N-dealkylation sites (N-methyl/N-ethyl adjacent to an activating group) is 1. The molecule has 2 unspecified atom stereocenters. The Morgan fingerprint density at radius 1 is 1.59 bits per heavy atom. The number of nitrogens with two attached hydrogens (primary N) is 1. The number of thioether (sulfide) groups is 1. The molecule has 0 bridgehead atoms. The normalized spacial score (nSPS) is 27.3. The highest BCUT2D eigenvalue weighted by Crippen LogP contribution is 2.36. The van der Waals surface area contributed by atoms with Gasteiger partial charge in [0.25, 0.3) is 0 Å². The summed E-state index contributed by atoms with van der Waals surface area (Å²) in [4.78, 5) is 3.95. The van der Waals surface area contributed by atoms with Gasteiger partial charge < -0.3 is 5.73 Å². The van der Waals surface area contributed by atoms with Gasteiger partial charge in [-0.05, 0) is 44.0 Å². The van der Waals surface area contributed by atoms with Crippen LogP contribution in [0.25, 0.3) is 0 Å². The fourth-order valence-electron chi connectivity index (χ4n) is 2.55. The first-order chi connectivity index (χ1) is 8.19. The molecule has 2 N–H and O–H groups in total. The van der Waals surface area contributed by atoms with E-state index < -0.39 is 0 Å². The molecule has 1 aromatic rings. The van der Waals surface area contributed by atoms with Crippen molar-refractivity contribution in [3.05, 3.63) is 22.4 Å². The van der Waals surface area contributed by atoms with E-state index in [1.54, 1.807) is 0 Å². The molecule has 1 aliphatic heterocycles. The van der Waals surface area contributed by atoms with E-state index in [1.165, 1.54) is 29.2 Å². The van der Waals surface area contributed by atoms with Crippen LogP contribution in [0.5, 0.6) is 0 Å². The van der Waals surface area contributed by atoms with Gasteiger partial charge in [-0.3, -0.25) is 4.90 Å². The second kappa shape index (κ2) is 5.74. The molecule has 0 aliphatic carbocycles. The molecule has 0 amide bonds. The Hall–Kier alpha value is -0.0300. The molecule has 4 heteroatoms. The minimum absolute atomic E-state index is 0.201. The maximum atomic E-state index is 6.08. The number of thiophene rings is 1. The number of hydrogen-bond donors (Lipinski definition) is 1. The zero-order valence-electron chi connectivity index (χ0n) is 10.7. The van der Waals surface area contributed by atoms with Crippen LogP contribution in [-0.2, 0) is 0 Å². The lowest BCUT2D eigenvalue weighted by atomic mass is 9.92. The van der Waals surface area contributed by atoms with Crippen LogP contribution in [0.2, 0.25) is 0 Å². The van der Waals surface area contributed by atoms with Crippen molar-refractivity contribution in [3.8, 4) is 0 Å². The van der Waals surface area contributed by atoms with Gasteiger partial charge in [-0.1, -0.05) is 6.07 Å². The average Bonchev–Trinajstić information content (AvgIpc) is 2.91.